The highest BCUT2D eigenvalue weighted by molar-refractivity contribution is 4.73. The van der Waals surface area contributed by atoms with Gasteiger partial charge in [-0.2, -0.15) is 0 Å². The zero-order valence-corrected chi connectivity index (χ0v) is 11.6. The Hall–Kier alpha value is -0.160. The van der Waals surface area contributed by atoms with E-state index in [0.717, 1.165) is 0 Å². The summed E-state index contributed by atoms with van der Waals surface area (Å²) in [7, 11) is 0. The van der Waals surface area contributed by atoms with Gasteiger partial charge < -0.3 is 0 Å². The van der Waals surface area contributed by atoms with Crippen LogP contribution < -0.4 is 0 Å². The molecule has 0 N–H and O–H groups in total. The highest BCUT2D eigenvalue weighted by Gasteiger charge is 2.20. The van der Waals surface area contributed by atoms with E-state index in [9.17, 15) is 0 Å². The number of hydrogen-bond acceptors (Lipinski definition) is 4. The summed E-state index contributed by atoms with van der Waals surface area (Å²) >= 11 is 0. The van der Waals surface area contributed by atoms with Crippen molar-refractivity contribution in [2.45, 2.75) is 20.3 Å². The second-order valence-corrected chi connectivity index (χ2v) is 5.29. The van der Waals surface area contributed by atoms with Gasteiger partial charge in [-0.25, -0.2) is 0 Å². The Morgan fingerprint density at radius 3 is 1.41 bits per heavy atom. The summed E-state index contributed by atoms with van der Waals surface area (Å²) in [5, 5.41) is 0. The molecule has 0 amide bonds. The Labute approximate surface area is 106 Å². The molecule has 0 bridgehead atoms. The fraction of sp³-hybridized carbons (Fsp3) is 1.00. The highest BCUT2D eigenvalue weighted by atomic mass is 15.4. The summed E-state index contributed by atoms with van der Waals surface area (Å²) in [5.74, 6) is 0. The van der Waals surface area contributed by atoms with E-state index in [2.05, 4.69) is 33.4 Å². The van der Waals surface area contributed by atoms with Gasteiger partial charge in [0.25, 0.3) is 0 Å². The summed E-state index contributed by atoms with van der Waals surface area (Å²) in [5.41, 5.74) is 0. The van der Waals surface area contributed by atoms with Crippen molar-refractivity contribution in [2.75, 3.05) is 65.7 Å². The first kappa shape index (κ1) is 13.3. The Kier molecular flexibility index (Phi) is 5.22. The lowest BCUT2D eigenvalue weighted by Gasteiger charge is -2.20. The maximum absolute atomic E-state index is 2.59. The fourth-order valence-corrected chi connectivity index (χ4v) is 2.81. The summed E-state index contributed by atoms with van der Waals surface area (Å²) in [6.07, 6.45) is 1.33. The van der Waals surface area contributed by atoms with Crippen LogP contribution in [0.4, 0.5) is 0 Å². The molecule has 4 heteroatoms. The van der Waals surface area contributed by atoms with Crippen molar-refractivity contribution >= 4 is 0 Å². The molecule has 0 aromatic rings. The SMILES string of the molecule is CCN1CCN(CCCN2CCN(CC)C2)C1. The Morgan fingerprint density at radius 1 is 0.647 bits per heavy atom. The quantitative estimate of drug-likeness (QED) is 0.673. The topological polar surface area (TPSA) is 13.0 Å². The zero-order valence-electron chi connectivity index (χ0n) is 11.6. The number of rotatable bonds is 6. The number of nitrogens with zero attached hydrogens (tertiary/aromatic N) is 4. The normalized spacial score (nSPS) is 25.1. The summed E-state index contributed by atoms with van der Waals surface area (Å²) in [6.45, 7) is 16.9. The largest absolute Gasteiger partial charge is 0.289 e. The lowest BCUT2D eigenvalue weighted by Crippen LogP contribution is -2.30. The summed E-state index contributed by atoms with van der Waals surface area (Å²) in [6, 6.07) is 0. The average molecular weight is 240 g/mol. The summed E-state index contributed by atoms with van der Waals surface area (Å²) in [4.78, 5) is 10.2. The van der Waals surface area contributed by atoms with Gasteiger partial charge in [-0.05, 0) is 19.5 Å². The van der Waals surface area contributed by atoms with Gasteiger partial charge in [-0.1, -0.05) is 13.8 Å². The van der Waals surface area contributed by atoms with Crippen molar-refractivity contribution < 1.29 is 0 Å². The van der Waals surface area contributed by atoms with Gasteiger partial charge in [0, 0.05) is 39.3 Å². The molecule has 4 nitrogen and oxygen atoms in total. The van der Waals surface area contributed by atoms with Crippen molar-refractivity contribution in [3.8, 4) is 0 Å². The van der Waals surface area contributed by atoms with Crippen LogP contribution in [-0.4, -0.2) is 85.3 Å². The molecule has 100 valence electrons. The molecule has 2 saturated heterocycles. The molecular weight excluding hydrogens is 212 g/mol. The molecule has 0 unspecified atom stereocenters. The minimum Gasteiger partial charge on any atom is -0.289 e. The van der Waals surface area contributed by atoms with Crippen LogP contribution in [-0.2, 0) is 0 Å². The second kappa shape index (κ2) is 6.69. The van der Waals surface area contributed by atoms with Crippen LogP contribution in [0.1, 0.15) is 20.3 Å². The minimum atomic E-state index is 1.19. The van der Waals surface area contributed by atoms with Gasteiger partial charge >= 0.3 is 0 Å². The van der Waals surface area contributed by atoms with Crippen LogP contribution in [0.15, 0.2) is 0 Å². The van der Waals surface area contributed by atoms with Gasteiger partial charge in [0.05, 0.1) is 13.3 Å². The Morgan fingerprint density at radius 2 is 1.06 bits per heavy atom. The molecule has 0 aromatic carbocycles. The Balaban J connectivity index is 1.55. The predicted octanol–water partition coefficient (Wildman–Crippen LogP) is 0.567. The zero-order chi connectivity index (χ0) is 12.1. The van der Waals surface area contributed by atoms with Crippen molar-refractivity contribution in [3.63, 3.8) is 0 Å². The van der Waals surface area contributed by atoms with Gasteiger partial charge in [0.2, 0.25) is 0 Å². The van der Waals surface area contributed by atoms with Crippen LogP contribution in [0.3, 0.4) is 0 Å². The highest BCUT2D eigenvalue weighted by Crippen LogP contribution is 2.07. The van der Waals surface area contributed by atoms with Crippen LogP contribution >= 0.6 is 0 Å². The number of likely N-dealkylation sites (N-methyl/N-ethyl adjacent to an activating group) is 2. The van der Waals surface area contributed by atoms with E-state index in [4.69, 9.17) is 0 Å². The monoisotopic (exact) mass is 240 g/mol. The van der Waals surface area contributed by atoms with Crippen LogP contribution in [0, 0.1) is 0 Å². The van der Waals surface area contributed by atoms with Gasteiger partial charge in [-0.15, -0.1) is 0 Å². The fourth-order valence-electron chi connectivity index (χ4n) is 2.81. The number of hydrogen-bond donors (Lipinski definition) is 0. The first-order valence-electron chi connectivity index (χ1n) is 7.21. The molecule has 2 heterocycles. The van der Waals surface area contributed by atoms with E-state index >= 15 is 0 Å². The molecule has 2 rings (SSSR count). The predicted molar refractivity (Wildman–Crippen MR) is 72.0 cm³/mol. The van der Waals surface area contributed by atoms with E-state index in [1.54, 1.807) is 0 Å². The first-order valence-corrected chi connectivity index (χ1v) is 7.21. The maximum Gasteiger partial charge on any atom is 0.0507 e. The van der Waals surface area contributed by atoms with Crippen molar-refractivity contribution in [1.29, 1.82) is 0 Å². The summed E-state index contributed by atoms with van der Waals surface area (Å²) < 4.78 is 0. The van der Waals surface area contributed by atoms with Crippen LogP contribution in [0.2, 0.25) is 0 Å². The van der Waals surface area contributed by atoms with Gasteiger partial charge in [0.15, 0.2) is 0 Å². The van der Waals surface area contributed by atoms with Crippen LogP contribution in [0.5, 0.6) is 0 Å². The van der Waals surface area contributed by atoms with E-state index in [-0.39, 0.29) is 0 Å². The van der Waals surface area contributed by atoms with Crippen molar-refractivity contribution in [1.82, 2.24) is 19.6 Å². The third kappa shape index (κ3) is 3.91. The molecular formula is C13H28N4. The molecule has 0 saturated carbocycles. The van der Waals surface area contributed by atoms with Crippen molar-refractivity contribution in [2.24, 2.45) is 0 Å². The third-order valence-corrected chi connectivity index (χ3v) is 4.11. The molecule has 0 atom stereocenters. The molecule has 17 heavy (non-hydrogen) atoms. The molecule has 0 radical (unpaired) electrons. The standard InChI is InChI=1S/C13H28N4/c1-3-14-8-10-16(12-14)6-5-7-17-11-9-15(4-2)13-17/h3-13H2,1-2H3. The minimum absolute atomic E-state index is 1.19. The Bertz CT molecular complexity index is 199. The molecule has 0 aromatic heterocycles. The van der Waals surface area contributed by atoms with Crippen LogP contribution in [0.25, 0.3) is 0 Å². The van der Waals surface area contributed by atoms with Gasteiger partial charge in [0.1, 0.15) is 0 Å². The molecule has 2 aliphatic heterocycles. The van der Waals surface area contributed by atoms with E-state index in [0.29, 0.717) is 0 Å². The van der Waals surface area contributed by atoms with E-state index in [1.165, 1.54) is 72.1 Å². The average Bonchev–Trinajstić information content (AvgIpc) is 2.97. The smallest absolute Gasteiger partial charge is 0.0507 e. The maximum atomic E-state index is 2.59. The van der Waals surface area contributed by atoms with Crippen molar-refractivity contribution in [3.05, 3.63) is 0 Å². The third-order valence-electron chi connectivity index (χ3n) is 4.11. The molecule has 0 spiro atoms. The second-order valence-electron chi connectivity index (χ2n) is 5.29. The lowest BCUT2D eigenvalue weighted by molar-refractivity contribution is 0.219. The molecule has 2 fully saturated rings. The first-order chi connectivity index (χ1) is 8.31. The lowest BCUT2D eigenvalue weighted by atomic mass is 10.3. The van der Waals surface area contributed by atoms with Gasteiger partial charge in [-0.3, -0.25) is 19.6 Å². The molecule has 2 aliphatic rings. The van der Waals surface area contributed by atoms with E-state index < -0.39 is 0 Å². The molecule has 0 aliphatic carbocycles. The van der Waals surface area contributed by atoms with E-state index in [1.807, 2.05) is 0 Å².